The normalized spacial score (nSPS) is 9.06. The van der Waals surface area contributed by atoms with Crippen molar-refractivity contribution in [1.29, 1.82) is 0 Å². The molecule has 3 nitrogen and oxygen atoms in total. The summed E-state index contributed by atoms with van der Waals surface area (Å²) < 4.78 is 27.8. The van der Waals surface area contributed by atoms with Crippen LogP contribution in [-0.4, -0.2) is 21.8 Å². The van der Waals surface area contributed by atoms with Crippen LogP contribution >= 0.6 is 15.9 Å². The summed E-state index contributed by atoms with van der Waals surface area (Å²) in [6.45, 7) is 12.0. The third-order valence-electron chi connectivity index (χ3n) is 3.44. The Morgan fingerprint density at radius 1 is 0.645 bits per heavy atom. The predicted octanol–water partition coefficient (Wildman–Crippen LogP) is 8.29. The average Bonchev–Trinajstić information content (AvgIpc) is 2.84. The lowest BCUT2D eigenvalue weighted by Gasteiger charge is -2.02. The van der Waals surface area contributed by atoms with Crippen LogP contribution < -0.4 is 4.74 Å². The van der Waals surface area contributed by atoms with E-state index >= 15 is 0 Å². The van der Waals surface area contributed by atoms with E-state index in [1.54, 1.807) is 31.4 Å². The Labute approximate surface area is 198 Å². The number of hydrogen-bond donors (Lipinski definition) is 0. The molecule has 0 saturated heterocycles. The van der Waals surface area contributed by atoms with Crippen molar-refractivity contribution in [2.24, 2.45) is 0 Å². The fourth-order valence-corrected chi connectivity index (χ4v) is 2.99. The molecule has 0 aromatic heterocycles. The maximum Gasteiger partial charge on any atom is 0.175 e. The van der Waals surface area contributed by atoms with Gasteiger partial charge in [0.15, 0.2) is 9.84 Å². The molecule has 5 heteroatoms. The Balaban J connectivity index is 0. The van der Waals surface area contributed by atoms with Crippen LogP contribution in [0.3, 0.4) is 0 Å². The van der Waals surface area contributed by atoms with Gasteiger partial charge in [0.1, 0.15) is 5.75 Å². The molecule has 0 heterocycles. The number of methoxy groups -OCH3 is 1. The van der Waals surface area contributed by atoms with E-state index in [1.807, 2.05) is 71.9 Å². The number of sulfone groups is 1. The molecule has 3 aromatic carbocycles. The first-order valence-corrected chi connectivity index (χ1v) is 13.2. The van der Waals surface area contributed by atoms with Crippen molar-refractivity contribution in [2.45, 2.75) is 46.4 Å². The van der Waals surface area contributed by atoms with E-state index in [-0.39, 0.29) is 0 Å². The third kappa shape index (κ3) is 13.0. The van der Waals surface area contributed by atoms with E-state index in [4.69, 9.17) is 4.74 Å². The lowest BCUT2D eigenvalue weighted by Crippen LogP contribution is -1.95. The first-order valence-electron chi connectivity index (χ1n) is 10.6. The summed E-state index contributed by atoms with van der Waals surface area (Å²) in [6, 6.07) is 24.9. The zero-order valence-corrected chi connectivity index (χ0v) is 22.4. The van der Waals surface area contributed by atoms with E-state index < -0.39 is 9.84 Å². The van der Waals surface area contributed by atoms with Gasteiger partial charge in [0.2, 0.25) is 0 Å². The fourth-order valence-electron chi connectivity index (χ4n) is 2.10. The second-order valence-electron chi connectivity index (χ2n) is 5.32. The van der Waals surface area contributed by atoms with Crippen LogP contribution in [0.2, 0.25) is 0 Å². The average molecular weight is 510 g/mol. The highest BCUT2D eigenvalue weighted by Gasteiger charge is 2.04. The van der Waals surface area contributed by atoms with Crippen LogP contribution in [-0.2, 0) is 9.84 Å². The quantitative estimate of drug-likeness (QED) is 0.357. The van der Waals surface area contributed by atoms with Crippen molar-refractivity contribution in [3.63, 3.8) is 0 Å². The Morgan fingerprint density at radius 3 is 1.45 bits per heavy atom. The van der Waals surface area contributed by atoms with Crippen LogP contribution in [0, 0.1) is 0 Å². The molecule has 0 aliphatic heterocycles. The van der Waals surface area contributed by atoms with Gasteiger partial charge >= 0.3 is 0 Å². The van der Waals surface area contributed by atoms with Gasteiger partial charge in [-0.05, 0) is 47.5 Å². The fraction of sp³-hybridized carbons (Fsp3) is 0.308. The zero-order chi connectivity index (χ0) is 24.3. The summed E-state index contributed by atoms with van der Waals surface area (Å²) in [5.41, 5.74) is 2.45. The van der Waals surface area contributed by atoms with Gasteiger partial charge in [0.05, 0.1) is 12.0 Å². The van der Waals surface area contributed by atoms with Crippen LogP contribution in [0.15, 0.2) is 88.2 Å². The Kier molecular flexibility index (Phi) is 18.7. The molecular formula is C26H37BrO3S. The van der Waals surface area contributed by atoms with Gasteiger partial charge in [0, 0.05) is 10.7 Å². The molecule has 0 bridgehead atoms. The maximum absolute atomic E-state index is 10.9. The molecule has 172 valence electrons. The molecule has 0 radical (unpaired) electrons. The number of benzene rings is 3. The number of ether oxygens (including phenoxy) is 1. The summed E-state index contributed by atoms with van der Waals surface area (Å²) in [5.74, 6) is 0.893. The van der Waals surface area contributed by atoms with Crippen molar-refractivity contribution >= 4 is 25.8 Å². The minimum Gasteiger partial charge on any atom is -0.497 e. The highest BCUT2D eigenvalue weighted by Crippen LogP contribution is 2.21. The molecule has 0 fully saturated rings. The largest absolute Gasteiger partial charge is 0.497 e. The summed E-state index contributed by atoms with van der Waals surface area (Å²) in [7, 11) is -1.36. The highest BCUT2D eigenvalue weighted by molar-refractivity contribution is 9.10. The molecule has 31 heavy (non-hydrogen) atoms. The first-order chi connectivity index (χ1) is 14.9. The Bertz CT molecular complexity index is 890. The van der Waals surface area contributed by atoms with Gasteiger partial charge in [-0.25, -0.2) is 8.42 Å². The third-order valence-corrected chi connectivity index (χ3v) is 5.10. The van der Waals surface area contributed by atoms with E-state index in [1.165, 1.54) is 17.4 Å². The van der Waals surface area contributed by atoms with Gasteiger partial charge in [-0.3, -0.25) is 0 Å². The molecule has 0 saturated carbocycles. The summed E-state index contributed by atoms with van der Waals surface area (Å²) in [6.07, 6.45) is 1.19. The van der Waals surface area contributed by atoms with Crippen LogP contribution in [0.4, 0.5) is 0 Å². The van der Waals surface area contributed by atoms with Crippen LogP contribution in [0.5, 0.6) is 5.75 Å². The number of halogens is 1. The monoisotopic (exact) mass is 508 g/mol. The van der Waals surface area contributed by atoms with E-state index in [0.29, 0.717) is 4.90 Å². The molecule has 0 N–H and O–H groups in total. The lowest BCUT2D eigenvalue weighted by atomic mass is 10.1. The first kappa shape index (κ1) is 31.1. The van der Waals surface area contributed by atoms with E-state index in [2.05, 4.69) is 40.2 Å². The molecule has 0 spiro atoms. The predicted molar refractivity (Wildman–Crippen MR) is 140 cm³/mol. The van der Waals surface area contributed by atoms with E-state index in [9.17, 15) is 8.42 Å². The van der Waals surface area contributed by atoms with Gasteiger partial charge in [-0.2, -0.15) is 0 Å². The highest BCUT2D eigenvalue weighted by atomic mass is 79.9. The molecule has 3 aromatic rings. The Hall–Kier alpha value is -2.11. The second kappa shape index (κ2) is 18.6. The smallest absolute Gasteiger partial charge is 0.175 e. The summed E-state index contributed by atoms with van der Waals surface area (Å²) in [4.78, 5) is 0.348. The van der Waals surface area contributed by atoms with Gasteiger partial charge in [0.25, 0.3) is 0 Å². The Morgan fingerprint density at radius 2 is 1.06 bits per heavy atom. The minimum absolute atomic E-state index is 0.348. The van der Waals surface area contributed by atoms with Crippen LogP contribution in [0.1, 0.15) is 41.5 Å². The number of hydrogen-bond acceptors (Lipinski definition) is 3. The SMILES string of the molecule is CC.CC.CC.COc1ccc(-c2ccccc2)cc1.CS(=O)(=O)c1ccc(Br)cc1. The maximum atomic E-state index is 10.9. The lowest BCUT2D eigenvalue weighted by molar-refractivity contribution is 0.415. The van der Waals surface area contributed by atoms with Gasteiger partial charge in [-0.15, -0.1) is 0 Å². The van der Waals surface area contributed by atoms with Crippen molar-refractivity contribution in [1.82, 2.24) is 0 Å². The van der Waals surface area contributed by atoms with Crippen molar-refractivity contribution in [3.8, 4) is 16.9 Å². The van der Waals surface area contributed by atoms with E-state index in [0.717, 1.165) is 10.2 Å². The summed E-state index contributed by atoms with van der Waals surface area (Å²) in [5, 5.41) is 0. The molecule has 0 amide bonds. The second-order valence-corrected chi connectivity index (χ2v) is 8.25. The topological polar surface area (TPSA) is 43.4 Å². The molecular weight excluding hydrogens is 472 g/mol. The standard InChI is InChI=1S/C13H12O.C7H7BrO2S.3C2H6/c1-14-13-9-7-12(8-10-13)11-5-3-2-4-6-11;1-11(9,10)7-4-2-6(8)3-5-7;3*1-2/h2-10H,1H3;2-5H,1H3;3*1-2H3. The van der Waals surface area contributed by atoms with Crippen molar-refractivity contribution in [2.75, 3.05) is 13.4 Å². The minimum atomic E-state index is -3.04. The van der Waals surface area contributed by atoms with Crippen LogP contribution in [0.25, 0.3) is 11.1 Å². The molecule has 0 aliphatic carbocycles. The molecule has 0 aliphatic rings. The molecule has 0 unspecified atom stereocenters. The number of rotatable bonds is 3. The molecule has 0 atom stereocenters. The molecule has 3 rings (SSSR count). The van der Waals surface area contributed by atoms with Crippen molar-refractivity contribution in [3.05, 3.63) is 83.3 Å². The summed E-state index contributed by atoms with van der Waals surface area (Å²) >= 11 is 3.22. The van der Waals surface area contributed by atoms with Crippen molar-refractivity contribution < 1.29 is 13.2 Å². The van der Waals surface area contributed by atoms with Gasteiger partial charge < -0.3 is 4.74 Å². The van der Waals surface area contributed by atoms with Gasteiger partial charge in [-0.1, -0.05) is 99.9 Å². The zero-order valence-electron chi connectivity index (χ0n) is 20.0.